The van der Waals surface area contributed by atoms with Gasteiger partial charge in [-0.25, -0.2) is 4.79 Å². The molecule has 3 aromatic carbocycles. The number of aromatic carboxylic acids is 1. The van der Waals surface area contributed by atoms with Crippen LogP contribution in [0.3, 0.4) is 0 Å². The molecular formula is C28H26ClNO4. The Hall–Kier alpha value is -3.41. The molecule has 4 rings (SSSR count). The van der Waals surface area contributed by atoms with Crippen molar-refractivity contribution in [3.63, 3.8) is 0 Å². The zero-order valence-corrected chi connectivity index (χ0v) is 20.1. The lowest BCUT2D eigenvalue weighted by Gasteiger charge is -2.21. The fraction of sp³-hybridized carbons (Fsp3) is 0.214. The molecule has 1 N–H and O–H groups in total. The van der Waals surface area contributed by atoms with E-state index in [1.807, 2.05) is 12.1 Å². The van der Waals surface area contributed by atoms with Crippen molar-refractivity contribution in [2.24, 2.45) is 5.16 Å². The van der Waals surface area contributed by atoms with Crippen molar-refractivity contribution in [3.8, 4) is 11.1 Å². The van der Waals surface area contributed by atoms with Crippen molar-refractivity contribution in [1.29, 1.82) is 0 Å². The zero-order chi connectivity index (χ0) is 24.2. The Morgan fingerprint density at radius 2 is 1.85 bits per heavy atom. The molecule has 0 aliphatic carbocycles. The number of aryl methyl sites for hydroxylation is 1. The van der Waals surface area contributed by atoms with E-state index >= 15 is 0 Å². The first-order valence-corrected chi connectivity index (χ1v) is 11.5. The van der Waals surface area contributed by atoms with Crippen LogP contribution in [0.4, 0.5) is 0 Å². The van der Waals surface area contributed by atoms with Crippen molar-refractivity contribution < 1.29 is 19.5 Å². The van der Waals surface area contributed by atoms with Crippen molar-refractivity contribution in [1.82, 2.24) is 0 Å². The van der Waals surface area contributed by atoms with Crippen LogP contribution in [-0.4, -0.2) is 23.9 Å². The molecule has 0 radical (unpaired) electrons. The summed E-state index contributed by atoms with van der Waals surface area (Å²) in [5, 5.41) is 13.9. The largest absolute Gasteiger partial charge is 0.478 e. The van der Waals surface area contributed by atoms with Gasteiger partial charge in [0.05, 0.1) is 22.9 Å². The number of rotatable bonds is 7. The van der Waals surface area contributed by atoms with Crippen LogP contribution in [0.1, 0.15) is 52.4 Å². The summed E-state index contributed by atoms with van der Waals surface area (Å²) >= 11 is 6.03. The molecule has 1 aliphatic heterocycles. The molecule has 1 heterocycles. The van der Waals surface area contributed by atoms with Crippen molar-refractivity contribution >= 4 is 29.0 Å². The molecule has 0 amide bonds. The normalized spacial score (nSPS) is 13.5. The highest BCUT2D eigenvalue weighted by Gasteiger charge is 2.22. The maximum atomic E-state index is 11.5. The Labute approximate surface area is 204 Å². The van der Waals surface area contributed by atoms with E-state index in [1.54, 1.807) is 25.3 Å². The molecule has 3 aromatic rings. The van der Waals surface area contributed by atoms with Gasteiger partial charge in [0.15, 0.2) is 5.76 Å². The van der Waals surface area contributed by atoms with Crippen LogP contribution in [0.2, 0.25) is 5.02 Å². The van der Waals surface area contributed by atoms with Crippen molar-refractivity contribution in [2.45, 2.75) is 33.3 Å². The van der Waals surface area contributed by atoms with E-state index < -0.39 is 5.97 Å². The average molecular weight is 476 g/mol. The number of carboxylic acids is 1. The number of allylic oxidation sites excluding steroid dienone is 1. The molecule has 174 valence electrons. The predicted molar refractivity (Wildman–Crippen MR) is 135 cm³/mol. The summed E-state index contributed by atoms with van der Waals surface area (Å²) in [4.78, 5) is 17.4. The topological polar surface area (TPSA) is 68.1 Å². The molecule has 0 saturated carbocycles. The van der Waals surface area contributed by atoms with Crippen LogP contribution in [0.15, 0.2) is 71.4 Å². The molecule has 0 bridgehead atoms. The lowest BCUT2D eigenvalue weighted by atomic mass is 9.92. The number of ether oxygens (including phenoxy) is 1. The van der Waals surface area contributed by atoms with E-state index in [4.69, 9.17) is 21.2 Å². The molecule has 0 atom stereocenters. The van der Waals surface area contributed by atoms with Crippen molar-refractivity contribution in [2.75, 3.05) is 7.11 Å². The van der Waals surface area contributed by atoms with Crippen LogP contribution < -0.4 is 0 Å². The monoisotopic (exact) mass is 475 g/mol. The standard InChI is InChI=1S/C28H26ClNO4/c1-4-18-15-26(19-10-12-25(29)24(14-19)28(31)32)30-34-27(18)20-9-11-23(21(13-20)16-33-3)22-8-6-5-7-17(22)2/h5-14H,4,15-16H2,1-3H3,(H,31,32). The molecule has 1 aliphatic rings. The first-order chi connectivity index (χ1) is 16.4. The number of methoxy groups -OCH3 is 1. The van der Waals surface area contributed by atoms with Crippen LogP contribution in [0.5, 0.6) is 0 Å². The highest BCUT2D eigenvalue weighted by atomic mass is 35.5. The molecule has 0 spiro atoms. The number of oxime groups is 1. The molecule has 0 saturated heterocycles. The quantitative estimate of drug-likeness (QED) is 0.395. The van der Waals surface area contributed by atoms with Gasteiger partial charge in [0.25, 0.3) is 0 Å². The number of hydrogen-bond acceptors (Lipinski definition) is 4. The van der Waals surface area contributed by atoms with Gasteiger partial charge in [-0.05, 0) is 59.4 Å². The number of carboxylic acid groups (broad SMARTS) is 1. The summed E-state index contributed by atoms with van der Waals surface area (Å²) in [7, 11) is 1.69. The molecule has 0 aromatic heterocycles. The third-order valence-corrected chi connectivity index (χ3v) is 6.34. The van der Waals surface area contributed by atoms with Gasteiger partial charge < -0.3 is 14.7 Å². The van der Waals surface area contributed by atoms with Gasteiger partial charge in [0, 0.05) is 24.7 Å². The second-order valence-corrected chi connectivity index (χ2v) is 8.62. The highest BCUT2D eigenvalue weighted by molar-refractivity contribution is 6.33. The van der Waals surface area contributed by atoms with Gasteiger partial charge in [-0.3, -0.25) is 0 Å². The van der Waals surface area contributed by atoms with Crippen LogP contribution >= 0.6 is 11.6 Å². The smallest absolute Gasteiger partial charge is 0.337 e. The lowest BCUT2D eigenvalue weighted by Crippen LogP contribution is -2.12. The van der Waals surface area contributed by atoms with E-state index in [2.05, 4.69) is 49.3 Å². The zero-order valence-electron chi connectivity index (χ0n) is 19.4. The summed E-state index contributed by atoms with van der Waals surface area (Å²) in [5.74, 6) is -0.345. The van der Waals surface area contributed by atoms with Gasteiger partial charge in [-0.1, -0.05) is 66.1 Å². The first-order valence-electron chi connectivity index (χ1n) is 11.1. The molecule has 0 fully saturated rings. The predicted octanol–water partition coefficient (Wildman–Crippen LogP) is 7.11. The van der Waals surface area contributed by atoms with E-state index in [0.29, 0.717) is 24.3 Å². The Bertz CT molecular complexity index is 1310. The highest BCUT2D eigenvalue weighted by Crippen LogP contribution is 2.35. The third-order valence-electron chi connectivity index (χ3n) is 6.01. The lowest BCUT2D eigenvalue weighted by molar-refractivity contribution is 0.0697. The first kappa shape index (κ1) is 23.7. The Morgan fingerprint density at radius 3 is 2.56 bits per heavy atom. The number of halogens is 1. The summed E-state index contributed by atoms with van der Waals surface area (Å²) in [6.07, 6.45) is 1.33. The summed E-state index contributed by atoms with van der Waals surface area (Å²) in [6.45, 7) is 4.65. The van der Waals surface area contributed by atoms with Gasteiger partial charge in [0.2, 0.25) is 0 Å². The number of carbonyl (C=O) groups is 1. The van der Waals surface area contributed by atoms with E-state index in [0.717, 1.165) is 34.4 Å². The van der Waals surface area contributed by atoms with Crippen LogP contribution in [0, 0.1) is 6.92 Å². The fourth-order valence-electron chi connectivity index (χ4n) is 4.19. The average Bonchev–Trinajstić information content (AvgIpc) is 2.84. The fourth-order valence-corrected chi connectivity index (χ4v) is 4.39. The van der Waals surface area contributed by atoms with Gasteiger partial charge in [0.1, 0.15) is 0 Å². The maximum absolute atomic E-state index is 11.5. The molecular weight excluding hydrogens is 450 g/mol. The molecule has 6 heteroatoms. The number of benzene rings is 3. The third kappa shape index (κ3) is 4.76. The van der Waals surface area contributed by atoms with E-state index in [9.17, 15) is 9.90 Å². The molecule has 5 nitrogen and oxygen atoms in total. The van der Waals surface area contributed by atoms with Gasteiger partial charge >= 0.3 is 5.97 Å². The maximum Gasteiger partial charge on any atom is 0.337 e. The Balaban J connectivity index is 1.69. The minimum atomic E-state index is -1.07. The molecule has 0 unspecified atom stereocenters. The summed E-state index contributed by atoms with van der Waals surface area (Å²) in [6, 6.07) is 19.4. The van der Waals surface area contributed by atoms with Crippen molar-refractivity contribution in [3.05, 3.63) is 99.1 Å². The number of hydrogen-bond donors (Lipinski definition) is 1. The van der Waals surface area contributed by atoms with Crippen LogP contribution in [0.25, 0.3) is 16.9 Å². The van der Waals surface area contributed by atoms with Gasteiger partial charge in [-0.15, -0.1) is 0 Å². The Morgan fingerprint density at radius 1 is 1.09 bits per heavy atom. The summed E-state index contributed by atoms with van der Waals surface area (Å²) < 4.78 is 5.50. The second kappa shape index (κ2) is 10.2. The minimum absolute atomic E-state index is 0.0469. The minimum Gasteiger partial charge on any atom is -0.478 e. The summed E-state index contributed by atoms with van der Waals surface area (Å²) in [5.41, 5.74) is 8.00. The van der Waals surface area contributed by atoms with E-state index in [1.165, 1.54) is 11.1 Å². The second-order valence-electron chi connectivity index (χ2n) is 8.21. The number of nitrogens with zero attached hydrogens (tertiary/aromatic N) is 1. The SMILES string of the molecule is CCC1=C(c2ccc(-c3ccccc3C)c(COC)c2)ON=C(c2ccc(Cl)c(C(=O)O)c2)C1. The van der Waals surface area contributed by atoms with Crippen LogP contribution in [-0.2, 0) is 16.2 Å². The Kier molecular flexibility index (Phi) is 7.15. The molecule has 34 heavy (non-hydrogen) atoms. The van der Waals surface area contributed by atoms with E-state index in [-0.39, 0.29) is 10.6 Å². The van der Waals surface area contributed by atoms with Gasteiger partial charge in [-0.2, -0.15) is 0 Å².